The molecule has 8 heteroatoms. The van der Waals surface area contributed by atoms with E-state index in [-0.39, 0.29) is 27.2 Å². The summed E-state index contributed by atoms with van der Waals surface area (Å²) in [5.74, 6) is -0.384. The number of Topliss-reactive ketones (excluding diaryl/α,β-unsaturated/α-hetero) is 2. The lowest BCUT2D eigenvalue weighted by Gasteiger charge is -2.43. The van der Waals surface area contributed by atoms with Crippen molar-refractivity contribution < 1.29 is 22.2 Å². The maximum atomic E-state index is 13.2. The van der Waals surface area contributed by atoms with Gasteiger partial charge in [0.1, 0.15) is 4.90 Å². The van der Waals surface area contributed by atoms with Gasteiger partial charge in [-0.25, -0.2) is 0 Å². The van der Waals surface area contributed by atoms with Crippen molar-refractivity contribution in [3.63, 3.8) is 0 Å². The average Bonchev–Trinajstić information content (AvgIpc) is 2.84. The smallest absolute Gasteiger partial charge is 0.339 e. The van der Waals surface area contributed by atoms with Crippen LogP contribution >= 0.6 is 11.6 Å². The summed E-state index contributed by atoms with van der Waals surface area (Å²) >= 11 is 6.54. The maximum Gasteiger partial charge on any atom is 0.339 e. The third-order valence-electron chi connectivity index (χ3n) is 7.20. The van der Waals surface area contributed by atoms with Crippen LogP contribution < -0.4 is 4.18 Å². The molecule has 36 heavy (non-hydrogen) atoms. The molecule has 0 aromatic heterocycles. The van der Waals surface area contributed by atoms with Crippen LogP contribution in [-0.2, 0) is 19.7 Å². The summed E-state index contributed by atoms with van der Waals surface area (Å²) in [6.45, 7) is 4.62. The number of allylic oxidation sites excluding steroid dienone is 4. The molecule has 0 spiro atoms. The molecule has 2 aromatic rings. The number of ketones is 2. The first-order valence-electron chi connectivity index (χ1n) is 12.3. The van der Waals surface area contributed by atoms with E-state index in [2.05, 4.69) is 4.90 Å². The molecule has 0 fully saturated rings. The van der Waals surface area contributed by atoms with Crippen molar-refractivity contribution in [2.45, 2.75) is 63.2 Å². The summed E-state index contributed by atoms with van der Waals surface area (Å²) in [6.07, 6.45) is 4.07. The zero-order valence-electron chi connectivity index (χ0n) is 20.3. The number of benzene rings is 2. The van der Waals surface area contributed by atoms with Gasteiger partial charge in [0.05, 0.1) is 5.02 Å². The number of nitrogens with zero attached hydrogens (tertiary/aromatic N) is 1. The van der Waals surface area contributed by atoms with Crippen LogP contribution in [0.15, 0.2) is 69.9 Å². The Balaban J connectivity index is 1.57. The maximum absolute atomic E-state index is 13.2. The first-order valence-corrected chi connectivity index (χ1v) is 14.1. The van der Waals surface area contributed by atoms with Gasteiger partial charge in [0.15, 0.2) is 17.3 Å². The standard InChI is InChI=1S/C28H28ClNO5S/c1-3-30-21-6-4-8-23(31)27(21)26(28-22(30)7-5-9-24(28)32)18-12-15-25(20(29)16-18)35-36(33,34)19-13-10-17(2)11-14-19/h10-16,26H,3-9H2,1-2H3. The van der Waals surface area contributed by atoms with Crippen LogP contribution in [0, 0.1) is 6.92 Å². The Labute approximate surface area is 216 Å². The number of aryl methyl sites for hydroxylation is 1. The van der Waals surface area contributed by atoms with E-state index in [0.717, 1.165) is 42.6 Å². The van der Waals surface area contributed by atoms with Gasteiger partial charge in [-0.3, -0.25) is 9.59 Å². The molecule has 0 radical (unpaired) electrons. The van der Waals surface area contributed by atoms with E-state index >= 15 is 0 Å². The lowest BCUT2D eigenvalue weighted by molar-refractivity contribution is -0.117. The van der Waals surface area contributed by atoms with E-state index < -0.39 is 16.0 Å². The fourth-order valence-electron chi connectivity index (χ4n) is 5.57. The van der Waals surface area contributed by atoms with Crippen LogP contribution in [0.4, 0.5) is 0 Å². The van der Waals surface area contributed by atoms with Gasteiger partial charge in [-0.2, -0.15) is 8.42 Å². The van der Waals surface area contributed by atoms with Crippen molar-refractivity contribution in [3.8, 4) is 5.75 Å². The number of carbonyl (C=O) groups excluding carboxylic acids is 2. The summed E-state index contributed by atoms with van der Waals surface area (Å²) in [7, 11) is -4.07. The van der Waals surface area contributed by atoms with Crippen LogP contribution in [0.25, 0.3) is 0 Å². The van der Waals surface area contributed by atoms with Gasteiger partial charge in [-0.15, -0.1) is 0 Å². The zero-order valence-corrected chi connectivity index (χ0v) is 21.9. The minimum Gasteiger partial charge on any atom is -0.377 e. The van der Waals surface area contributed by atoms with Crippen molar-refractivity contribution in [3.05, 3.63) is 81.2 Å². The summed E-state index contributed by atoms with van der Waals surface area (Å²) in [5, 5.41) is 0.108. The fourth-order valence-corrected chi connectivity index (χ4v) is 6.79. The van der Waals surface area contributed by atoms with Crippen LogP contribution in [0.2, 0.25) is 5.02 Å². The predicted octanol–water partition coefficient (Wildman–Crippen LogP) is 5.85. The van der Waals surface area contributed by atoms with E-state index in [4.69, 9.17) is 15.8 Å². The summed E-state index contributed by atoms with van der Waals surface area (Å²) in [5.41, 5.74) is 4.99. The summed E-state index contributed by atoms with van der Waals surface area (Å²) in [4.78, 5) is 28.6. The van der Waals surface area contributed by atoms with Gasteiger partial charge in [0, 0.05) is 47.8 Å². The highest BCUT2D eigenvalue weighted by molar-refractivity contribution is 7.87. The van der Waals surface area contributed by atoms with Crippen molar-refractivity contribution in [1.29, 1.82) is 0 Å². The van der Waals surface area contributed by atoms with Gasteiger partial charge in [0.25, 0.3) is 0 Å². The van der Waals surface area contributed by atoms with Crippen molar-refractivity contribution in [2.75, 3.05) is 6.54 Å². The number of hydrogen-bond donors (Lipinski definition) is 0. The van der Waals surface area contributed by atoms with Gasteiger partial charge in [0.2, 0.25) is 0 Å². The molecule has 0 N–H and O–H groups in total. The highest BCUT2D eigenvalue weighted by Gasteiger charge is 2.43. The Bertz CT molecular complexity index is 1380. The van der Waals surface area contributed by atoms with Crippen molar-refractivity contribution >= 4 is 33.3 Å². The molecule has 188 valence electrons. The molecular formula is C28H28ClNO5S. The molecule has 5 rings (SSSR count). The topological polar surface area (TPSA) is 80.8 Å². The molecule has 0 bridgehead atoms. The molecule has 1 aliphatic heterocycles. The monoisotopic (exact) mass is 525 g/mol. The molecule has 0 atom stereocenters. The van der Waals surface area contributed by atoms with Gasteiger partial charge in [-0.05, 0) is 69.4 Å². The van der Waals surface area contributed by atoms with Gasteiger partial charge in [-0.1, -0.05) is 35.4 Å². The Morgan fingerprint density at radius 2 is 1.50 bits per heavy atom. The fraction of sp³-hybridized carbons (Fsp3) is 0.357. The lowest BCUT2D eigenvalue weighted by atomic mass is 9.71. The van der Waals surface area contributed by atoms with Crippen LogP contribution in [0.3, 0.4) is 0 Å². The Hall–Kier alpha value is -2.90. The third-order valence-corrected chi connectivity index (χ3v) is 8.74. The number of rotatable bonds is 5. The zero-order chi connectivity index (χ0) is 25.6. The van der Waals surface area contributed by atoms with Crippen molar-refractivity contribution in [1.82, 2.24) is 4.90 Å². The highest BCUT2D eigenvalue weighted by Crippen LogP contribution is 2.49. The summed E-state index contributed by atoms with van der Waals surface area (Å²) < 4.78 is 30.9. The number of carbonyl (C=O) groups is 2. The van der Waals surface area contributed by atoms with Gasteiger partial charge < -0.3 is 9.08 Å². The molecule has 0 saturated carbocycles. The average molecular weight is 526 g/mol. The Morgan fingerprint density at radius 1 is 0.917 bits per heavy atom. The predicted molar refractivity (Wildman–Crippen MR) is 137 cm³/mol. The molecule has 2 aliphatic carbocycles. The van der Waals surface area contributed by atoms with Crippen LogP contribution in [0.5, 0.6) is 5.75 Å². The Morgan fingerprint density at radius 3 is 2.03 bits per heavy atom. The first-order chi connectivity index (χ1) is 17.2. The van der Waals surface area contributed by atoms with Crippen molar-refractivity contribution in [2.24, 2.45) is 0 Å². The molecule has 6 nitrogen and oxygen atoms in total. The minimum atomic E-state index is -4.07. The molecule has 3 aliphatic rings. The quantitative estimate of drug-likeness (QED) is 0.455. The Kier molecular flexibility index (Phi) is 6.55. The van der Waals surface area contributed by atoms with E-state index in [0.29, 0.717) is 36.1 Å². The second kappa shape index (κ2) is 9.52. The largest absolute Gasteiger partial charge is 0.377 e. The lowest BCUT2D eigenvalue weighted by Crippen LogP contribution is -2.39. The SMILES string of the molecule is CCN1C2=C(C(=O)CCC2)C(c2ccc(OS(=O)(=O)c3ccc(C)cc3)c(Cl)c2)C2=C1CCCC2=O. The molecule has 1 heterocycles. The third kappa shape index (κ3) is 4.28. The molecule has 0 unspecified atom stereocenters. The summed E-state index contributed by atoms with van der Waals surface area (Å²) in [6, 6.07) is 11.2. The molecule has 2 aromatic carbocycles. The second-order valence-corrected chi connectivity index (χ2v) is 11.4. The van der Waals surface area contributed by atoms with Crippen LogP contribution in [-0.4, -0.2) is 31.4 Å². The van der Waals surface area contributed by atoms with Crippen LogP contribution in [0.1, 0.15) is 62.5 Å². The van der Waals surface area contributed by atoms with Gasteiger partial charge >= 0.3 is 10.1 Å². The van der Waals surface area contributed by atoms with E-state index in [9.17, 15) is 18.0 Å². The molecule has 0 saturated heterocycles. The number of halogens is 1. The number of hydrogen-bond acceptors (Lipinski definition) is 6. The highest BCUT2D eigenvalue weighted by atomic mass is 35.5. The minimum absolute atomic E-state index is 0.000309. The molecular weight excluding hydrogens is 498 g/mol. The van der Waals surface area contributed by atoms with E-state index in [1.54, 1.807) is 24.3 Å². The second-order valence-electron chi connectivity index (χ2n) is 9.49. The normalized spacial score (nSPS) is 18.9. The van der Waals surface area contributed by atoms with E-state index in [1.165, 1.54) is 18.2 Å². The van der Waals surface area contributed by atoms with E-state index in [1.807, 2.05) is 13.8 Å². The molecule has 0 amide bonds. The first kappa shape index (κ1) is 24.8.